The first-order valence-electron chi connectivity index (χ1n) is 8.75. The highest BCUT2D eigenvalue weighted by molar-refractivity contribution is 6.30. The first-order chi connectivity index (χ1) is 12.5. The van der Waals surface area contributed by atoms with Gasteiger partial charge in [-0.1, -0.05) is 24.6 Å². The smallest absolute Gasteiger partial charge is 0.234 e. The van der Waals surface area contributed by atoms with Crippen molar-refractivity contribution in [3.05, 3.63) is 52.6 Å². The quantitative estimate of drug-likeness (QED) is 0.871. The van der Waals surface area contributed by atoms with Gasteiger partial charge in [0.15, 0.2) is 0 Å². The summed E-state index contributed by atoms with van der Waals surface area (Å²) in [5.74, 6) is 0.766. The molecule has 2 heterocycles. The summed E-state index contributed by atoms with van der Waals surface area (Å²) in [6.45, 7) is 5.99. The van der Waals surface area contributed by atoms with Crippen LogP contribution in [0.25, 0.3) is 0 Å². The third-order valence-corrected chi connectivity index (χ3v) is 4.54. The molecular weight excluding hydrogens is 352 g/mol. The fraction of sp³-hybridized carbons (Fsp3) is 0.421. The summed E-state index contributed by atoms with van der Waals surface area (Å²) in [7, 11) is 0. The number of fused-ring (bicyclic) bond motifs is 1. The maximum Gasteiger partial charge on any atom is 0.234 e. The largest absolute Gasteiger partial charge is 0.489 e. The predicted octanol–water partition coefficient (Wildman–Crippen LogP) is 2.73. The van der Waals surface area contributed by atoms with E-state index in [1.165, 1.54) is 0 Å². The number of carbonyl (C=O) groups is 1. The Labute approximate surface area is 158 Å². The van der Waals surface area contributed by atoms with Gasteiger partial charge in [-0.2, -0.15) is 0 Å². The number of ether oxygens (including phenoxy) is 1. The number of nitrogens with one attached hydrogen (secondary N) is 1. The molecule has 7 heteroatoms. The van der Waals surface area contributed by atoms with Crippen LogP contribution in [-0.4, -0.2) is 40.0 Å². The van der Waals surface area contributed by atoms with E-state index in [9.17, 15) is 4.79 Å². The van der Waals surface area contributed by atoms with Crippen molar-refractivity contribution in [2.24, 2.45) is 0 Å². The highest BCUT2D eigenvalue weighted by Gasteiger charge is 2.23. The van der Waals surface area contributed by atoms with Crippen LogP contribution in [0.15, 0.2) is 30.6 Å². The van der Waals surface area contributed by atoms with Crippen LogP contribution < -0.4 is 10.1 Å². The molecule has 1 aromatic heterocycles. The van der Waals surface area contributed by atoms with Gasteiger partial charge in [0, 0.05) is 29.9 Å². The van der Waals surface area contributed by atoms with E-state index in [1.807, 2.05) is 25.1 Å². The Morgan fingerprint density at radius 2 is 2.23 bits per heavy atom. The third-order valence-electron chi connectivity index (χ3n) is 4.30. The number of rotatable bonds is 5. The van der Waals surface area contributed by atoms with Crippen molar-refractivity contribution >= 4 is 17.5 Å². The zero-order valence-electron chi connectivity index (χ0n) is 15.0. The van der Waals surface area contributed by atoms with Crippen LogP contribution in [0.3, 0.4) is 0 Å². The summed E-state index contributed by atoms with van der Waals surface area (Å²) in [6.07, 6.45) is 4.28. The lowest BCUT2D eigenvalue weighted by atomic mass is 10.2. The number of nitrogens with zero attached hydrogens (tertiary/aromatic N) is 3. The average molecular weight is 375 g/mol. The Kier molecular flexibility index (Phi) is 6.06. The molecule has 2 aromatic rings. The molecule has 1 N–H and O–H groups in total. The second kappa shape index (κ2) is 8.47. The second-order valence-corrected chi connectivity index (χ2v) is 6.93. The summed E-state index contributed by atoms with van der Waals surface area (Å²) in [6, 6.07) is 5.66. The monoisotopic (exact) mass is 374 g/mol. The molecule has 138 valence electrons. The summed E-state index contributed by atoms with van der Waals surface area (Å²) in [5.41, 5.74) is 2.64. The van der Waals surface area contributed by atoms with Crippen LogP contribution in [0.1, 0.15) is 30.3 Å². The number of hydrogen-bond donors (Lipinski definition) is 1. The fourth-order valence-corrected chi connectivity index (χ4v) is 3.03. The standard InChI is InChI=1S/C19H23ClN4O2/c1-3-17-11-24(10-14-4-5-15(20)6-18(14)26-17)12-19(25)23-9-16-8-21-13(2)7-22-16/h4-8,17H,3,9-12H2,1-2H3,(H,23,25). The zero-order chi connectivity index (χ0) is 18.5. The molecule has 0 saturated carbocycles. The normalized spacial score (nSPS) is 17.1. The molecule has 0 aliphatic carbocycles. The van der Waals surface area contributed by atoms with Crippen LogP contribution >= 0.6 is 11.6 Å². The third kappa shape index (κ3) is 4.93. The number of benzene rings is 1. The van der Waals surface area contributed by atoms with Crippen molar-refractivity contribution < 1.29 is 9.53 Å². The number of aromatic nitrogens is 2. The van der Waals surface area contributed by atoms with Gasteiger partial charge in [0.2, 0.25) is 5.91 Å². The van der Waals surface area contributed by atoms with Crippen molar-refractivity contribution in [1.29, 1.82) is 0 Å². The molecule has 1 aromatic carbocycles. The lowest BCUT2D eigenvalue weighted by molar-refractivity contribution is -0.122. The van der Waals surface area contributed by atoms with Gasteiger partial charge in [-0.3, -0.25) is 19.7 Å². The average Bonchev–Trinajstić information content (AvgIpc) is 2.79. The Balaban J connectivity index is 1.61. The first kappa shape index (κ1) is 18.6. The summed E-state index contributed by atoms with van der Waals surface area (Å²) >= 11 is 6.08. The van der Waals surface area contributed by atoms with Gasteiger partial charge in [0.1, 0.15) is 11.9 Å². The van der Waals surface area contributed by atoms with Gasteiger partial charge < -0.3 is 10.1 Å². The van der Waals surface area contributed by atoms with Crippen LogP contribution in [0.4, 0.5) is 0 Å². The minimum absolute atomic E-state index is 0.0329. The van der Waals surface area contributed by atoms with Gasteiger partial charge in [0.25, 0.3) is 0 Å². The number of aryl methyl sites for hydroxylation is 1. The molecule has 0 radical (unpaired) electrons. The Hall–Kier alpha value is -2.18. The van der Waals surface area contributed by atoms with Crippen LogP contribution in [0.2, 0.25) is 5.02 Å². The number of halogens is 1. The van der Waals surface area contributed by atoms with Gasteiger partial charge in [-0.15, -0.1) is 0 Å². The zero-order valence-corrected chi connectivity index (χ0v) is 15.8. The van der Waals surface area contributed by atoms with Gasteiger partial charge in [-0.25, -0.2) is 0 Å². The van der Waals surface area contributed by atoms with E-state index in [2.05, 4.69) is 27.1 Å². The molecule has 0 saturated heterocycles. The van der Waals surface area contributed by atoms with E-state index in [4.69, 9.17) is 16.3 Å². The topological polar surface area (TPSA) is 67.4 Å². The molecule has 1 unspecified atom stereocenters. The molecule has 3 rings (SSSR count). The van der Waals surface area contributed by atoms with E-state index >= 15 is 0 Å². The maximum absolute atomic E-state index is 12.4. The van der Waals surface area contributed by atoms with Gasteiger partial charge >= 0.3 is 0 Å². The van der Waals surface area contributed by atoms with E-state index < -0.39 is 0 Å². The van der Waals surface area contributed by atoms with Gasteiger partial charge in [0.05, 0.1) is 30.7 Å². The summed E-state index contributed by atoms with van der Waals surface area (Å²) < 4.78 is 6.06. The van der Waals surface area contributed by atoms with Crippen LogP contribution in [-0.2, 0) is 17.9 Å². The first-order valence-corrected chi connectivity index (χ1v) is 9.13. The van der Waals surface area contributed by atoms with Crippen molar-refractivity contribution in [2.45, 2.75) is 39.5 Å². The van der Waals surface area contributed by atoms with E-state index in [1.54, 1.807) is 12.4 Å². The molecule has 0 spiro atoms. The molecule has 1 aliphatic rings. The van der Waals surface area contributed by atoms with Crippen molar-refractivity contribution in [3.63, 3.8) is 0 Å². The molecule has 1 atom stereocenters. The number of amides is 1. The minimum atomic E-state index is -0.0420. The van der Waals surface area contributed by atoms with E-state index in [-0.39, 0.29) is 12.0 Å². The lowest BCUT2D eigenvalue weighted by Gasteiger charge is -2.22. The summed E-state index contributed by atoms with van der Waals surface area (Å²) in [4.78, 5) is 22.9. The summed E-state index contributed by atoms with van der Waals surface area (Å²) in [5, 5.41) is 3.56. The van der Waals surface area contributed by atoms with E-state index in [0.717, 1.165) is 29.1 Å². The molecular formula is C19H23ClN4O2. The minimum Gasteiger partial charge on any atom is -0.489 e. The highest BCUT2D eigenvalue weighted by Crippen LogP contribution is 2.28. The maximum atomic E-state index is 12.4. The van der Waals surface area contributed by atoms with Crippen LogP contribution in [0, 0.1) is 6.92 Å². The molecule has 6 nitrogen and oxygen atoms in total. The number of carbonyl (C=O) groups excluding carboxylic acids is 1. The van der Waals surface area contributed by atoms with Crippen molar-refractivity contribution in [3.8, 4) is 5.75 Å². The van der Waals surface area contributed by atoms with Gasteiger partial charge in [-0.05, 0) is 25.5 Å². The van der Waals surface area contributed by atoms with E-state index in [0.29, 0.717) is 31.2 Å². The second-order valence-electron chi connectivity index (χ2n) is 6.50. The fourth-order valence-electron chi connectivity index (χ4n) is 2.87. The molecule has 1 aliphatic heterocycles. The lowest BCUT2D eigenvalue weighted by Crippen LogP contribution is -2.40. The Morgan fingerprint density at radius 1 is 1.38 bits per heavy atom. The van der Waals surface area contributed by atoms with Crippen LogP contribution in [0.5, 0.6) is 5.75 Å². The predicted molar refractivity (Wildman–Crippen MR) is 100 cm³/mol. The molecule has 0 fully saturated rings. The van der Waals surface area contributed by atoms with Crippen molar-refractivity contribution in [1.82, 2.24) is 20.2 Å². The highest BCUT2D eigenvalue weighted by atomic mass is 35.5. The number of hydrogen-bond acceptors (Lipinski definition) is 5. The SMILES string of the molecule is CCC1CN(CC(=O)NCc2cnc(C)cn2)Cc2ccc(Cl)cc2O1. The molecule has 26 heavy (non-hydrogen) atoms. The molecule has 1 amide bonds. The van der Waals surface area contributed by atoms with Crippen molar-refractivity contribution in [2.75, 3.05) is 13.1 Å². The molecule has 0 bridgehead atoms. The Bertz CT molecular complexity index is 767. The Morgan fingerprint density at radius 3 is 2.96 bits per heavy atom.